The normalized spacial score (nSPS) is 10.7. The Morgan fingerprint density at radius 1 is 1.61 bits per heavy atom. The predicted octanol–water partition coefficient (Wildman–Crippen LogP) is 2.52. The lowest BCUT2D eigenvalue weighted by Gasteiger charge is -2.06. The van der Waals surface area contributed by atoms with Gasteiger partial charge in [0.25, 0.3) is 0 Å². The molecule has 2 aromatic heterocycles. The van der Waals surface area contributed by atoms with Gasteiger partial charge in [0.15, 0.2) is 5.16 Å². The van der Waals surface area contributed by atoms with E-state index in [4.69, 9.17) is 5.11 Å². The third-order valence-corrected chi connectivity index (χ3v) is 3.38. The van der Waals surface area contributed by atoms with Crippen LogP contribution < -0.4 is 0 Å². The maximum atomic E-state index is 10.6. The number of pyridine rings is 1. The predicted molar refractivity (Wildman–Crippen MR) is 74.0 cm³/mol. The molecule has 0 amide bonds. The molecule has 0 aliphatic rings. The first kappa shape index (κ1) is 13.1. The Hall–Kier alpha value is -1.34. The van der Waals surface area contributed by atoms with Gasteiger partial charge in [0.2, 0.25) is 0 Å². The Kier molecular flexibility index (Phi) is 4.03. The number of thioether (sulfide) groups is 1. The minimum Gasteiger partial charge on any atom is -0.481 e. The molecule has 0 saturated carbocycles. The third-order valence-electron chi connectivity index (χ3n) is 2.17. The summed E-state index contributed by atoms with van der Waals surface area (Å²) >= 11 is 4.50. The molecule has 1 N–H and O–H groups in total. The van der Waals surface area contributed by atoms with Gasteiger partial charge in [-0.15, -0.1) is 0 Å². The maximum absolute atomic E-state index is 10.6. The molecular weight excluding hydrogens is 318 g/mol. The van der Waals surface area contributed by atoms with E-state index in [1.54, 1.807) is 12.4 Å². The summed E-state index contributed by atoms with van der Waals surface area (Å²) in [7, 11) is 0. The molecule has 7 heteroatoms. The van der Waals surface area contributed by atoms with Crippen molar-refractivity contribution in [2.45, 2.75) is 11.7 Å². The second-order valence-corrected chi connectivity index (χ2v) is 5.61. The van der Waals surface area contributed by atoms with Gasteiger partial charge in [-0.25, -0.2) is 4.98 Å². The molecule has 0 aliphatic carbocycles. The van der Waals surface area contributed by atoms with E-state index in [9.17, 15) is 4.79 Å². The van der Waals surface area contributed by atoms with Crippen molar-refractivity contribution < 1.29 is 9.90 Å². The van der Waals surface area contributed by atoms with E-state index in [1.165, 1.54) is 11.8 Å². The van der Waals surface area contributed by atoms with Crippen molar-refractivity contribution in [2.75, 3.05) is 5.75 Å². The number of hydrogen-bond donors (Lipinski definition) is 1. The van der Waals surface area contributed by atoms with Crippen LogP contribution in [0.25, 0.3) is 11.0 Å². The number of rotatable bonds is 5. The number of carboxylic acid groups (broad SMARTS) is 1. The summed E-state index contributed by atoms with van der Waals surface area (Å²) in [6.07, 6.45) is 3.34. The van der Waals surface area contributed by atoms with Crippen LogP contribution in [0.15, 0.2) is 34.7 Å². The molecule has 0 unspecified atom stereocenters. The first-order chi connectivity index (χ1) is 8.58. The van der Waals surface area contributed by atoms with Gasteiger partial charge < -0.3 is 9.67 Å². The average Bonchev–Trinajstić information content (AvgIpc) is 2.64. The molecule has 2 aromatic rings. The van der Waals surface area contributed by atoms with E-state index in [0.29, 0.717) is 11.7 Å². The fourth-order valence-electron chi connectivity index (χ4n) is 1.52. The van der Waals surface area contributed by atoms with Gasteiger partial charge in [-0.3, -0.25) is 9.78 Å². The molecule has 0 saturated heterocycles. The molecule has 94 valence electrons. The molecule has 0 aliphatic heterocycles. The number of fused-ring (bicyclic) bond motifs is 1. The van der Waals surface area contributed by atoms with Crippen LogP contribution in [-0.2, 0) is 11.3 Å². The first-order valence-electron chi connectivity index (χ1n) is 5.06. The second kappa shape index (κ2) is 5.53. The Bertz CT molecular complexity index is 611. The van der Waals surface area contributed by atoms with Crippen LogP contribution >= 0.6 is 27.7 Å². The fourth-order valence-corrected chi connectivity index (χ4v) is 2.51. The number of hydrogen-bond acceptors (Lipinski definition) is 4. The van der Waals surface area contributed by atoms with Gasteiger partial charge in [0.1, 0.15) is 5.52 Å². The van der Waals surface area contributed by atoms with Crippen LogP contribution in [0.3, 0.4) is 0 Å². The number of nitrogens with zero attached hydrogens (tertiary/aromatic N) is 3. The lowest BCUT2D eigenvalue weighted by atomic mass is 10.4. The maximum Gasteiger partial charge on any atom is 0.313 e. The first-order valence-corrected chi connectivity index (χ1v) is 6.84. The van der Waals surface area contributed by atoms with Crippen molar-refractivity contribution in [3.05, 3.63) is 29.5 Å². The van der Waals surface area contributed by atoms with E-state index in [1.807, 2.05) is 10.6 Å². The summed E-state index contributed by atoms with van der Waals surface area (Å²) in [5.41, 5.74) is 1.66. The molecule has 0 atom stereocenters. The highest BCUT2D eigenvalue weighted by atomic mass is 79.9. The third kappa shape index (κ3) is 2.91. The smallest absolute Gasteiger partial charge is 0.313 e. The largest absolute Gasteiger partial charge is 0.481 e. The summed E-state index contributed by atoms with van der Waals surface area (Å²) in [6.45, 7) is 4.34. The van der Waals surface area contributed by atoms with Gasteiger partial charge >= 0.3 is 5.97 Å². The number of carboxylic acids is 1. The standard InChI is InChI=1S/C11H10BrN3O2S/c1-7(12)5-15-9-2-3-13-4-8(9)14-11(15)18-6-10(16)17/h2-4H,1,5-6H2,(H,16,17). The molecule has 0 aromatic carbocycles. The molecule has 2 heterocycles. The number of imidazole rings is 1. The highest BCUT2D eigenvalue weighted by Gasteiger charge is 2.12. The van der Waals surface area contributed by atoms with Crippen LogP contribution in [0.1, 0.15) is 0 Å². The zero-order valence-electron chi connectivity index (χ0n) is 9.34. The molecule has 0 spiro atoms. The van der Waals surface area contributed by atoms with Gasteiger partial charge in [-0.2, -0.15) is 0 Å². The van der Waals surface area contributed by atoms with Crippen LogP contribution in [0, 0.1) is 0 Å². The summed E-state index contributed by atoms with van der Waals surface area (Å²) in [5, 5.41) is 9.38. The Morgan fingerprint density at radius 2 is 2.39 bits per heavy atom. The lowest BCUT2D eigenvalue weighted by molar-refractivity contribution is -0.133. The lowest BCUT2D eigenvalue weighted by Crippen LogP contribution is -2.03. The highest BCUT2D eigenvalue weighted by Crippen LogP contribution is 2.25. The Labute approximate surface area is 116 Å². The number of carbonyl (C=O) groups is 1. The summed E-state index contributed by atoms with van der Waals surface area (Å²) in [5.74, 6) is -0.889. The van der Waals surface area contributed by atoms with E-state index in [-0.39, 0.29) is 5.75 Å². The van der Waals surface area contributed by atoms with Gasteiger partial charge in [-0.1, -0.05) is 34.3 Å². The average molecular weight is 328 g/mol. The monoisotopic (exact) mass is 327 g/mol. The van der Waals surface area contributed by atoms with Crippen molar-refractivity contribution in [1.82, 2.24) is 14.5 Å². The topological polar surface area (TPSA) is 68.0 Å². The van der Waals surface area contributed by atoms with E-state index < -0.39 is 5.97 Å². The van der Waals surface area contributed by atoms with E-state index in [2.05, 4.69) is 32.5 Å². The number of allylic oxidation sites excluding steroid dienone is 1. The highest BCUT2D eigenvalue weighted by molar-refractivity contribution is 9.11. The van der Waals surface area contributed by atoms with Crippen LogP contribution in [-0.4, -0.2) is 31.4 Å². The zero-order valence-corrected chi connectivity index (χ0v) is 11.7. The van der Waals surface area contributed by atoms with Crippen LogP contribution in [0.2, 0.25) is 0 Å². The Balaban J connectivity index is 2.42. The number of halogens is 1. The van der Waals surface area contributed by atoms with E-state index >= 15 is 0 Å². The molecule has 2 rings (SSSR count). The van der Waals surface area contributed by atoms with Crippen molar-refractivity contribution in [3.8, 4) is 0 Å². The molecule has 0 radical (unpaired) electrons. The van der Waals surface area contributed by atoms with Crippen LogP contribution in [0.5, 0.6) is 0 Å². The minimum atomic E-state index is -0.866. The van der Waals surface area contributed by atoms with Gasteiger partial charge in [0.05, 0.1) is 24.0 Å². The number of aliphatic carboxylic acids is 1. The Morgan fingerprint density at radius 3 is 3.06 bits per heavy atom. The quantitative estimate of drug-likeness (QED) is 0.854. The molecule has 18 heavy (non-hydrogen) atoms. The molecule has 5 nitrogen and oxygen atoms in total. The summed E-state index contributed by atoms with van der Waals surface area (Å²) in [4.78, 5) is 19.0. The molecule has 0 fully saturated rings. The number of aromatic nitrogens is 3. The molecule has 0 bridgehead atoms. The second-order valence-electron chi connectivity index (χ2n) is 3.54. The van der Waals surface area contributed by atoms with Crippen molar-refractivity contribution in [3.63, 3.8) is 0 Å². The van der Waals surface area contributed by atoms with Gasteiger partial charge in [0, 0.05) is 10.7 Å². The summed E-state index contributed by atoms with van der Waals surface area (Å²) < 4.78 is 2.72. The summed E-state index contributed by atoms with van der Waals surface area (Å²) in [6, 6.07) is 1.85. The van der Waals surface area contributed by atoms with Crippen LogP contribution in [0.4, 0.5) is 0 Å². The molecular formula is C11H10BrN3O2S. The zero-order chi connectivity index (χ0) is 13.1. The fraction of sp³-hybridized carbons (Fsp3) is 0.182. The van der Waals surface area contributed by atoms with Gasteiger partial charge in [-0.05, 0) is 6.07 Å². The minimum absolute atomic E-state index is 0.0223. The van der Waals surface area contributed by atoms with Crippen molar-refractivity contribution in [2.24, 2.45) is 0 Å². The van der Waals surface area contributed by atoms with E-state index in [0.717, 1.165) is 15.5 Å². The van der Waals surface area contributed by atoms with Crippen molar-refractivity contribution >= 4 is 44.7 Å². The SMILES string of the molecule is C=C(Br)Cn1c(SCC(=O)O)nc2cnccc21. The van der Waals surface area contributed by atoms with Crippen molar-refractivity contribution in [1.29, 1.82) is 0 Å².